The van der Waals surface area contributed by atoms with Crippen molar-refractivity contribution in [3.63, 3.8) is 0 Å². The summed E-state index contributed by atoms with van der Waals surface area (Å²) in [5.74, 6) is 1.38. The van der Waals surface area contributed by atoms with E-state index in [2.05, 4.69) is 10.5 Å². The zero-order valence-corrected chi connectivity index (χ0v) is 20.4. The van der Waals surface area contributed by atoms with E-state index in [0.29, 0.717) is 35.3 Å². The van der Waals surface area contributed by atoms with Gasteiger partial charge in [0, 0.05) is 10.6 Å². The first-order valence-electron chi connectivity index (χ1n) is 11.3. The van der Waals surface area contributed by atoms with E-state index in [1.165, 1.54) is 7.11 Å². The minimum absolute atomic E-state index is 0.361. The van der Waals surface area contributed by atoms with Gasteiger partial charge in [-0.2, -0.15) is 5.10 Å². The van der Waals surface area contributed by atoms with Gasteiger partial charge in [0.15, 0.2) is 11.5 Å². The molecule has 0 aliphatic carbocycles. The molecule has 4 rings (SSSR count). The van der Waals surface area contributed by atoms with Crippen molar-refractivity contribution in [1.29, 1.82) is 0 Å². The van der Waals surface area contributed by atoms with E-state index in [1.54, 1.807) is 24.4 Å². The van der Waals surface area contributed by atoms with Crippen molar-refractivity contribution in [3.8, 4) is 17.2 Å². The first-order valence-corrected chi connectivity index (χ1v) is 11.6. The molecule has 0 saturated carbocycles. The summed E-state index contributed by atoms with van der Waals surface area (Å²) in [5.41, 5.74) is 5.78. The van der Waals surface area contributed by atoms with Crippen molar-refractivity contribution < 1.29 is 19.0 Å². The van der Waals surface area contributed by atoms with Crippen molar-refractivity contribution >= 4 is 23.7 Å². The zero-order valence-electron chi connectivity index (χ0n) is 19.7. The molecule has 0 bridgehead atoms. The summed E-state index contributed by atoms with van der Waals surface area (Å²) in [6.45, 7) is 0.821. The number of hydrogen-bond acceptors (Lipinski definition) is 5. The number of hydrazone groups is 1. The van der Waals surface area contributed by atoms with Gasteiger partial charge in [-0.1, -0.05) is 54.1 Å². The number of halogens is 1. The van der Waals surface area contributed by atoms with Crippen LogP contribution in [0.15, 0.2) is 102 Å². The predicted octanol–water partition coefficient (Wildman–Crippen LogP) is 6.27. The van der Waals surface area contributed by atoms with E-state index >= 15 is 0 Å². The molecule has 4 aromatic carbocycles. The summed E-state index contributed by atoms with van der Waals surface area (Å²) in [6.07, 6.45) is 1.56. The molecule has 0 radical (unpaired) electrons. The lowest BCUT2D eigenvalue weighted by Crippen LogP contribution is -2.17. The van der Waals surface area contributed by atoms with Crippen molar-refractivity contribution in [2.45, 2.75) is 13.2 Å². The third kappa shape index (κ3) is 7.10. The fourth-order valence-electron chi connectivity index (χ4n) is 3.34. The molecule has 4 aromatic rings. The number of carbonyl (C=O) groups is 1. The molecular weight excluding hydrogens is 476 g/mol. The number of ether oxygens (including phenoxy) is 3. The van der Waals surface area contributed by atoms with Crippen molar-refractivity contribution in [3.05, 3.63) is 124 Å². The molecule has 6 nitrogen and oxygen atoms in total. The second kappa shape index (κ2) is 12.4. The maximum atomic E-state index is 12.5. The van der Waals surface area contributed by atoms with Gasteiger partial charge in [-0.05, 0) is 71.3 Å². The van der Waals surface area contributed by atoms with E-state index in [1.807, 2.05) is 78.9 Å². The molecule has 0 fully saturated rings. The summed E-state index contributed by atoms with van der Waals surface area (Å²) in [4.78, 5) is 12.5. The highest BCUT2D eigenvalue weighted by atomic mass is 35.5. The monoisotopic (exact) mass is 500 g/mol. The van der Waals surface area contributed by atoms with E-state index in [-0.39, 0.29) is 5.91 Å². The first kappa shape index (κ1) is 24.8. The number of carbonyl (C=O) groups excluding carboxylic acids is 1. The molecule has 0 spiro atoms. The van der Waals surface area contributed by atoms with E-state index in [4.69, 9.17) is 25.8 Å². The fourth-order valence-corrected chi connectivity index (χ4v) is 3.55. The highest BCUT2D eigenvalue weighted by Crippen LogP contribution is 2.29. The quantitative estimate of drug-likeness (QED) is 0.206. The number of nitrogens with one attached hydrogen (secondary N) is 1. The average molecular weight is 501 g/mol. The predicted molar refractivity (Wildman–Crippen MR) is 141 cm³/mol. The largest absolute Gasteiger partial charge is 0.493 e. The van der Waals surface area contributed by atoms with Gasteiger partial charge < -0.3 is 14.2 Å². The third-order valence-electron chi connectivity index (χ3n) is 5.22. The highest BCUT2D eigenvalue weighted by molar-refractivity contribution is 6.30. The van der Waals surface area contributed by atoms with Gasteiger partial charge in [-0.15, -0.1) is 0 Å². The smallest absolute Gasteiger partial charge is 0.271 e. The van der Waals surface area contributed by atoms with Crippen LogP contribution in [-0.2, 0) is 13.2 Å². The molecule has 182 valence electrons. The Balaban J connectivity index is 1.29. The Morgan fingerprint density at radius 3 is 2.33 bits per heavy atom. The van der Waals surface area contributed by atoms with Crippen LogP contribution >= 0.6 is 11.6 Å². The van der Waals surface area contributed by atoms with Crippen molar-refractivity contribution in [1.82, 2.24) is 5.43 Å². The van der Waals surface area contributed by atoms with Gasteiger partial charge in [0.25, 0.3) is 5.91 Å². The van der Waals surface area contributed by atoms with Crippen LogP contribution < -0.4 is 19.6 Å². The molecule has 0 aromatic heterocycles. The Labute approximate surface area is 215 Å². The molecule has 36 heavy (non-hydrogen) atoms. The van der Waals surface area contributed by atoms with Gasteiger partial charge in [0.1, 0.15) is 19.0 Å². The Kier molecular flexibility index (Phi) is 8.57. The van der Waals surface area contributed by atoms with E-state index in [9.17, 15) is 4.79 Å². The molecule has 0 atom stereocenters. The molecule has 0 unspecified atom stereocenters. The van der Waals surface area contributed by atoms with Crippen LogP contribution in [0.1, 0.15) is 27.0 Å². The second-order valence-corrected chi connectivity index (χ2v) is 8.26. The minimum atomic E-state index is -0.361. The number of nitrogens with zero attached hydrogens (tertiary/aromatic N) is 1. The minimum Gasteiger partial charge on any atom is -0.493 e. The first-order chi connectivity index (χ1) is 17.6. The van der Waals surface area contributed by atoms with E-state index < -0.39 is 0 Å². The third-order valence-corrected chi connectivity index (χ3v) is 5.45. The van der Waals surface area contributed by atoms with Crippen LogP contribution in [-0.4, -0.2) is 19.2 Å². The summed E-state index contributed by atoms with van der Waals surface area (Å²) < 4.78 is 17.0. The van der Waals surface area contributed by atoms with Crippen LogP contribution in [0, 0.1) is 0 Å². The summed E-state index contributed by atoms with van der Waals surface area (Å²) in [7, 11) is 1.53. The maximum absolute atomic E-state index is 12.5. The Morgan fingerprint density at radius 1 is 0.833 bits per heavy atom. The number of hydrogen-bond donors (Lipinski definition) is 1. The zero-order chi connectivity index (χ0) is 25.2. The number of benzene rings is 4. The standard InChI is InChI=1S/C29H25ClN2O4/c1-34-28-17-24(12-15-27(28)36-19-22-6-3-2-4-7-22)29(33)32-31-18-21-10-13-26(14-11-21)35-20-23-8-5-9-25(30)16-23/h2-18H,19-20H2,1H3,(H,32,33)/b31-18+. The van der Waals surface area contributed by atoms with Crippen LogP contribution in [0.4, 0.5) is 0 Å². The van der Waals surface area contributed by atoms with Gasteiger partial charge in [-0.3, -0.25) is 4.79 Å². The second-order valence-electron chi connectivity index (χ2n) is 7.83. The van der Waals surface area contributed by atoms with Crippen LogP contribution in [0.5, 0.6) is 17.2 Å². The maximum Gasteiger partial charge on any atom is 0.271 e. The molecule has 0 aliphatic rings. The Hall–Kier alpha value is -4.29. The summed E-state index contributed by atoms with van der Waals surface area (Å²) >= 11 is 6.00. The summed E-state index contributed by atoms with van der Waals surface area (Å²) in [5, 5.41) is 4.73. The van der Waals surface area contributed by atoms with Gasteiger partial charge >= 0.3 is 0 Å². The Bertz CT molecular complexity index is 1320. The van der Waals surface area contributed by atoms with Crippen molar-refractivity contribution in [2.24, 2.45) is 5.10 Å². The highest BCUT2D eigenvalue weighted by Gasteiger charge is 2.11. The number of amides is 1. The van der Waals surface area contributed by atoms with Crippen molar-refractivity contribution in [2.75, 3.05) is 7.11 Å². The topological polar surface area (TPSA) is 69.2 Å². The number of rotatable bonds is 10. The lowest BCUT2D eigenvalue weighted by Gasteiger charge is -2.12. The molecular formula is C29H25ClN2O4. The lowest BCUT2D eigenvalue weighted by atomic mass is 10.2. The van der Waals surface area contributed by atoms with Gasteiger partial charge in [0.2, 0.25) is 0 Å². The van der Waals surface area contributed by atoms with Crippen LogP contribution in [0.25, 0.3) is 0 Å². The molecule has 1 N–H and O–H groups in total. The van der Waals surface area contributed by atoms with Gasteiger partial charge in [-0.25, -0.2) is 5.43 Å². The molecule has 1 amide bonds. The fraction of sp³-hybridized carbons (Fsp3) is 0.103. The molecule has 0 heterocycles. The van der Waals surface area contributed by atoms with Gasteiger partial charge in [0.05, 0.1) is 13.3 Å². The Morgan fingerprint density at radius 2 is 1.58 bits per heavy atom. The number of methoxy groups -OCH3 is 1. The molecule has 0 saturated heterocycles. The average Bonchev–Trinajstić information content (AvgIpc) is 2.92. The van der Waals surface area contributed by atoms with Crippen LogP contribution in [0.3, 0.4) is 0 Å². The lowest BCUT2D eigenvalue weighted by molar-refractivity contribution is 0.0954. The SMILES string of the molecule is COc1cc(C(=O)N/N=C/c2ccc(OCc3cccc(Cl)c3)cc2)ccc1OCc1ccccc1. The van der Waals surface area contributed by atoms with E-state index in [0.717, 1.165) is 22.4 Å². The molecule has 7 heteroatoms. The van der Waals surface area contributed by atoms with Crippen LogP contribution in [0.2, 0.25) is 5.02 Å². The summed E-state index contributed by atoms with van der Waals surface area (Å²) in [6, 6.07) is 29.7. The molecule has 0 aliphatic heterocycles. The normalized spacial score (nSPS) is 10.7.